The summed E-state index contributed by atoms with van der Waals surface area (Å²) in [4.78, 5) is 2.40. The number of nitrogens with zero attached hydrogens (tertiary/aromatic N) is 1. The van der Waals surface area contributed by atoms with Gasteiger partial charge in [0.15, 0.2) is 0 Å². The molecule has 17 heavy (non-hydrogen) atoms. The van der Waals surface area contributed by atoms with E-state index in [1.165, 1.54) is 15.7 Å². The number of anilines is 2. The molecule has 3 nitrogen and oxygen atoms in total. The first-order valence-electron chi connectivity index (χ1n) is 6.13. The lowest BCUT2D eigenvalue weighted by Gasteiger charge is -2.22. The van der Waals surface area contributed by atoms with E-state index in [9.17, 15) is 5.11 Å². The van der Waals surface area contributed by atoms with Crippen molar-refractivity contribution in [3.63, 3.8) is 0 Å². The van der Waals surface area contributed by atoms with Crippen molar-refractivity contribution in [3.8, 4) is 0 Å². The summed E-state index contributed by atoms with van der Waals surface area (Å²) in [5.41, 5.74) is 7.86. The highest BCUT2D eigenvalue weighted by Gasteiger charge is 2.42. The van der Waals surface area contributed by atoms with Gasteiger partial charge in [0.25, 0.3) is 0 Å². The molecule has 0 radical (unpaired) electrons. The third-order valence-electron chi connectivity index (χ3n) is 4.13. The highest BCUT2D eigenvalue weighted by atomic mass is 127. The fraction of sp³-hybridized carbons (Fsp3) is 0.538. The summed E-state index contributed by atoms with van der Waals surface area (Å²) in [7, 11) is 0. The van der Waals surface area contributed by atoms with Crippen molar-refractivity contribution in [3.05, 3.63) is 21.8 Å². The monoisotopic (exact) mass is 344 g/mol. The van der Waals surface area contributed by atoms with Crippen LogP contribution in [0, 0.1) is 15.4 Å². The summed E-state index contributed by atoms with van der Waals surface area (Å²) in [6, 6.07) is 6.08. The second-order valence-electron chi connectivity index (χ2n) is 5.18. The molecule has 4 heteroatoms. The molecule has 0 aromatic heterocycles. The molecular weight excluding hydrogens is 327 g/mol. The van der Waals surface area contributed by atoms with Gasteiger partial charge in [0, 0.05) is 28.3 Å². The molecule has 1 saturated carbocycles. The number of nitrogen functional groups attached to an aromatic ring is 1. The van der Waals surface area contributed by atoms with Crippen LogP contribution in [0.1, 0.15) is 12.8 Å². The quantitative estimate of drug-likeness (QED) is 0.606. The van der Waals surface area contributed by atoms with Gasteiger partial charge in [-0.05, 0) is 59.5 Å². The Balaban J connectivity index is 1.83. The molecule has 1 aromatic carbocycles. The van der Waals surface area contributed by atoms with Crippen LogP contribution in [0.25, 0.3) is 0 Å². The van der Waals surface area contributed by atoms with Gasteiger partial charge in [-0.2, -0.15) is 0 Å². The molecule has 1 saturated heterocycles. The zero-order valence-corrected chi connectivity index (χ0v) is 11.8. The van der Waals surface area contributed by atoms with Crippen molar-refractivity contribution in [2.45, 2.75) is 18.9 Å². The van der Waals surface area contributed by atoms with Crippen LogP contribution < -0.4 is 10.6 Å². The van der Waals surface area contributed by atoms with Crippen LogP contribution in [-0.4, -0.2) is 24.3 Å². The first-order chi connectivity index (χ1) is 8.15. The number of hydrogen-bond donors (Lipinski definition) is 2. The maximum atomic E-state index is 9.93. The smallest absolute Gasteiger partial charge is 0.0588 e. The molecule has 3 atom stereocenters. The zero-order chi connectivity index (χ0) is 12.0. The summed E-state index contributed by atoms with van der Waals surface area (Å²) in [6.45, 7) is 2.08. The normalized spacial score (nSPS) is 31.9. The fourth-order valence-electron chi connectivity index (χ4n) is 3.21. The number of nitrogens with two attached hydrogens (primary N) is 1. The molecular formula is C13H17IN2O. The Morgan fingerprint density at radius 3 is 2.82 bits per heavy atom. The molecule has 3 N–H and O–H groups in total. The average molecular weight is 344 g/mol. The van der Waals surface area contributed by atoms with Crippen molar-refractivity contribution in [1.29, 1.82) is 0 Å². The van der Waals surface area contributed by atoms with Crippen molar-refractivity contribution in [2.75, 3.05) is 23.7 Å². The van der Waals surface area contributed by atoms with Crippen LogP contribution in [0.5, 0.6) is 0 Å². The molecule has 0 bridgehead atoms. The molecule has 0 amide bonds. The number of fused-ring (bicyclic) bond motifs is 1. The van der Waals surface area contributed by atoms with Crippen LogP contribution in [-0.2, 0) is 0 Å². The molecule has 1 heterocycles. The average Bonchev–Trinajstić information content (AvgIpc) is 2.81. The Morgan fingerprint density at radius 2 is 2.12 bits per heavy atom. The number of hydrogen-bond acceptors (Lipinski definition) is 3. The van der Waals surface area contributed by atoms with Gasteiger partial charge in [-0.3, -0.25) is 0 Å². The second-order valence-corrected chi connectivity index (χ2v) is 6.35. The topological polar surface area (TPSA) is 49.5 Å². The lowest BCUT2D eigenvalue weighted by atomic mass is 10.00. The van der Waals surface area contributed by atoms with Gasteiger partial charge in [0.05, 0.1) is 11.8 Å². The van der Waals surface area contributed by atoms with Crippen LogP contribution in [0.4, 0.5) is 11.4 Å². The van der Waals surface area contributed by atoms with E-state index in [0.29, 0.717) is 11.8 Å². The predicted octanol–water partition coefficient (Wildman–Crippen LogP) is 2.08. The Bertz CT molecular complexity index is 437. The van der Waals surface area contributed by atoms with Gasteiger partial charge in [-0.15, -0.1) is 0 Å². The summed E-state index contributed by atoms with van der Waals surface area (Å²) in [5, 5.41) is 9.93. The predicted molar refractivity (Wildman–Crippen MR) is 78.0 cm³/mol. The Hall–Kier alpha value is -0.490. The maximum absolute atomic E-state index is 9.93. The Kier molecular flexibility index (Phi) is 2.94. The maximum Gasteiger partial charge on any atom is 0.0588 e. The van der Waals surface area contributed by atoms with E-state index in [-0.39, 0.29) is 6.10 Å². The van der Waals surface area contributed by atoms with Gasteiger partial charge < -0.3 is 15.7 Å². The highest BCUT2D eigenvalue weighted by molar-refractivity contribution is 14.1. The molecule has 92 valence electrons. The van der Waals surface area contributed by atoms with E-state index >= 15 is 0 Å². The Morgan fingerprint density at radius 1 is 1.29 bits per heavy atom. The van der Waals surface area contributed by atoms with Crippen LogP contribution in [0.2, 0.25) is 0 Å². The number of benzene rings is 1. The van der Waals surface area contributed by atoms with Crippen molar-refractivity contribution in [2.24, 2.45) is 11.8 Å². The summed E-state index contributed by atoms with van der Waals surface area (Å²) < 4.78 is 1.21. The van der Waals surface area contributed by atoms with Gasteiger partial charge in [-0.25, -0.2) is 0 Å². The molecule has 2 fully saturated rings. The Labute approximate surface area is 115 Å². The standard InChI is InChI=1S/C13H17IN2O/c14-11-5-9(15)2-3-12(11)16-6-8-1-4-13(17)10(8)7-16/h2-3,5,8,10,13,17H,1,4,6-7,15H2. The summed E-state index contributed by atoms with van der Waals surface area (Å²) in [6.07, 6.45) is 2.08. The first kappa shape index (κ1) is 11.6. The van der Waals surface area contributed by atoms with E-state index in [1.54, 1.807) is 0 Å². The van der Waals surface area contributed by atoms with E-state index < -0.39 is 0 Å². The SMILES string of the molecule is Nc1ccc(N2CC3CCC(O)C3C2)c(I)c1. The third kappa shape index (κ3) is 2.01. The number of aliphatic hydroxyl groups excluding tert-OH is 1. The fourth-order valence-corrected chi connectivity index (χ4v) is 4.09. The van der Waals surface area contributed by atoms with E-state index in [2.05, 4.69) is 33.6 Å². The van der Waals surface area contributed by atoms with Gasteiger partial charge in [-0.1, -0.05) is 0 Å². The summed E-state index contributed by atoms with van der Waals surface area (Å²) in [5.74, 6) is 1.15. The highest BCUT2D eigenvalue weighted by Crippen LogP contribution is 2.40. The molecule has 3 unspecified atom stereocenters. The number of rotatable bonds is 1. The zero-order valence-electron chi connectivity index (χ0n) is 9.64. The minimum absolute atomic E-state index is 0.0866. The van der Waals surface area contributed by atoms with Crippen LogP contribution in [0.15, 0.2) is 18.2 Å². The minimum Gasteiger partial charge on any atom is -0.399 e. The largest absolute Gasteiger partial charge is 0.399 e. The lowest BCUT2D eigenvalue weighted by molar-refractivity contribution is 0.133. The van der Waals surface area contributed by atoms with Crippen molar-refractivity contribution < 1.29 is 5.11 Å². The molecule has 1 aliphatic heterocycles. The second kappa shape index (κ2) is 4.31. The lowest BCUT2D eigenvalue weighted by Crippen LogP contribution is -2.25. The van der Waals surface area contributed by atoms with E-state index in [4.69, 9.17) is 5.73 Å². The van der Waals surface area contributed by atoms with E-state index in [1.807, 2.05) is 12.1 Å². The number of halogens is 1. The molecule has 0 spiro atoms. The molecule has 1 aromatic rings. The number of aliphatic hydroxyl groups is 1. The van der Waals surface area contributed by atoms with Crippen molar-refractivity contribution >= 4 is 34.0 Å². The van der Waals surface area contributed by atoms with Crippen molar-refractivity contribution in [1.82, 2.24) is 0 Å². The molecule has 1 aliphatic carbocycles. The molecule has 3 rings (SSSR count). The summed E-state index contributed by atoms with van der Waals surface area (Å²) >= 11 is 2.34. The minimum atomic E-state index is -0.0866. The van der Waals surface area contributed by atoms with Gasteiger partial charge in [0.2, 0.25) is 0 Å². The third-order valence-corrected chi connectivity index (χ3v) is 5.00. The van der Waals surface area contributed by atoms with Gasteiger partial charge in [0.1, 0.15) is 0 Å². The first-order valence-corrected chi connectivity index (χ1v) is 7.21. The van der Waals surface area contributed by atoms with Crippen LogP contribution in [0.3, 0.4) is 0 Å². The van der Waals surface area contributed by atoms with Gasteiger partial charge >= 0.3 is 0 Å². The van der Waals surface area contributed by atoms with Crippen LogP contribution >= 0.6 is 22.6 Å². The van der Waals surface area contributed by atoms with E-state index in [0.717, 1.165) is 25.2 Å². The molecule has 2 aliphatic rings.